The van der Waals surface area contributed by atoms with E-state index in [1.54, 1.807) is 4.68 Å². The normalized spacial score (nSPS) is 18.4. The van der Waals surface area contributed by atoms with Crippen LogP contribution in [0.2, 0.25) is 0 Å². The lowest BCUT2D eigenvalue weighted by atomic mass is 10.2. The van der Waals surface area contributed by atoms with Gasteiger partial charge in [0.15, 0.2) is 0 Å². The third-order valence-electron chi connectivity index (χ3n) is 3.94. The van der Waals surface area contributed by atoms with Crippen LogP contribution >= 0.6 is 0 Å². The van der Waals surface area contributed by atoms with Gasteiger partial charge in [0.1, 0.15) is 5.82 Å². The standard InChI is InChI=1S/C14H21N7/c1-9-11(8-20(3)19-9)12-6-13(18-14(15)17-12)21-5-4-10(7-21)16-2/h6,8,10,16H,4-5,7H2,1-3H3,(H2,15,17,18). The zero-order valence-corrected chi connectivity index (χ0v) is 12.7. The van der Waals surface area contributed by atoms with Gasteiger partial charge < -0.3 is 16.0 Å². The summed E-state index contributed by atoms with van der Waals surface area (Å²) in [4.78, 5) is 11.0. The summed E-state index contributed by atoms with van der Waals surface area (Å²) >= 11 is 0. The summed E-state index contributed by atoms with van der Waals surface area (Å²) in [6.45, 7) is 3.89. The minimum absolute atomic E-state index is 0.304. The maximum atomic E-state index is 5.90. The van der Waals surface area contributed by atoms with E-state index in [4.69, 9.17) is 5.73 Å². The molecule has 0 aliphatic carbocycles. The minimum Gasteiger partial charge on any atom is -0.368 e. The smallest absolute Gasteiger partial charge is 0.222 e. The largest absolute Gasteiger partial charge is 0.368 e. The number of nitrogen functional groups attached to an aromatic ring is 1. The first-order valence-electron chi connectivity index (χ1n) is 7.14. The molecule has 3 heterocycles. The van der Waals surface area contributed by atoms with Crippen molar-refractivity contribution in [1.82, 2.24) is 25.1 Å². The van der Waals surface area contributed by atoms with Crippen LogP contribution in [0.4, 0.5) is 11.8 Å². The molecule has 2 aromatic heterocycles. The van der Waals surface area contributed by atoms with Crippen molar-refractivity contribution in [3.63, 3.8) is 0 Å². The number of aromatic nitrogens is 4. The van der Waals surface area contributed by atoms with E-state index in [0.29, 0.717) is 12.0 Å². The van der Waals surface area contributed by atoms with E-state index in [1.165, 1.54) is 0 Å². The Kier molecular flexibility index (Phi) is 3.50. The number of rotatable bonds is 3. The molecule has 1 fully saturated rings. The van der Waals surface area contributed by atoms with Crippen molar-refractivity contribution in [2.75, 3.05) is 30.8 Å². The van der Waals surface area contributed by atoms with Crippen molar-refractivity contribution in [1.29, 1.82) is 0 Å². The van der Waals surface area contributed by atoms with E-state index >= 15 is 0 Å². The van der Waals surface area contributed by atoms with Crippen LogP contribution in [0.15, 0.2) is 12.3 Å². The Morgan fingerprint density at radius 3 is 2.81 bits per heavy atom. The molecule has 112 valence electrons. The van der Waals surface area contributed by atoms with E-state index in [0.717, 1.165) is 42.3 Å². The highest BCUT2D eigenvalue weighted by Gasteiger charge is 2.23. The van der Waals surface area contributed by atoms with Crippen molar-refractivity contribution in [3.05, 3.63) is 18.0 Å². The van der Waals surface area contributed by atoms with Gasteiger partial charge in [-0.3, -0.25) is 4.68 Å². The van der Waals surface area contributed by atoms with E-state index in [2.05, 4.69) is 25.3 Å². The number of hydrogen-bond acceptors (Lipinski definition) is 6. The zero-order valence-electron chi connectivity index (χ0n) is 12.7. The number of likely N-dealkylation sites (N-methyl/N-ethyl adjacent to an activating group) is 1. The molecule has 0 radical (unpaired) electrons. The molecule has 0 amide bonds. The third kappa shape index (κ3) is 2.69. The number of aryl methyl sites for hydroxylation is 2. The van der Waals surface area contributed by atoms with Crippen molar-refractivity contribution in [3.8, 4) is 11.3 Å². The highest BCUT2D eigenvalue weighted by Crippen LogP contribution is 2.26. The Balaban J connectivity index is 1.95. The van der Waals surface area contributed by atoms with Crippen LogP contribution in [-0.2, 0) is 7.05 Å². The molecule has 0 bridgehead atoms. The van der Waals surface area contributed by atoms with Gasteiger partial charge in [-0.1, -0.05) is 0 Å². The van der Waals surface area contributed by atoms with Crippen LogP contribution in [0.5, 0.6) is 0 Å². The van der Waals surface area contributed by atoms with Crippen LogP contribution in [0.3, 0.4) is 0 Å². The minimum atomic E-state index is 0.304. The molecule has 21 heavy (non-hydrogen) atoms. The Morgan fingerprint density at radius 2 is 2.19 bits per heavy atom. The molecule has 1 atom stereocenters. The highest BCUT2D eigenvalue weighted by molar-refractivity contribution is 5.66. The van der Waals surface area contributed by atoms with Crippen molar-refractivity contribution >= 4 is 11.8 Å². The van der Waals surface area contributed by atoms with Gasteiger partial charge in [-0.25, -0.2) is 4.98 Å². The highest BCUT2D eigenvalue weighted by atomic mass is 15.3. The third-order valence-corrected chi connectivity index (χ3v) is 3.94. The van der Waals surface area contributed by atoms with Gasteiger partial charge in [0.2, 0.25) is 5.95 Å². The van der Waals surface area contributed by atoms with Gasteiger partial charge in [-0.05, 0) is 20.4 Å². The summed E-state index contributed by atoms with van der Waals surface area (Å²) in [5, 5.41) is 7.67. The van der Waals surface area contributed by atoms with Crippen LogP contribution in [0.25, 0.3) is 11.3 Å². The second kappa shape index (κ2) is 5.33. The lowest BCUT2D eigenvalue weighted by Crippen LogP contribution is -2.30. The van der Waals surface area contributed by atoms with Crippen LogP contribution in [0, 0.1) is 6.92 Å². The molecular formula is C14H21N7. The fraction of sp³-hybridized carbons (Fsp3) is 0.500. The second-order valence-corrected chi connectivity index (χ2v) is 5.49. The molecule has 2 aromatic rings. The van der Waals surface area contributed by atoms with Gasteiger partial charge >= 0.3 is 0 Å². The Bertz CT molecular complexity index is 649. The van der Waals surface area contributed by atoms with Crippen molar-refractivity contribution in [2.45, 2.75) is 19.4 Å². The molecule has 3 N–H and O–H groups in total. The van der Waals surface area contributed by atoms with E-state index < -0.39 is 0 Å². The summed E-state index contributed by atoms with van der Waals surface area (Å²) in [6.07, 6.45) is 3.07. The van der Waals surface area contributed by atoms with Crippen LogP contribution < -0.4 is 16.0 Å². The molecule has 3 rings (SSSR count). The average molecular weight is 287 g/mol. The molecule has 1 aliphatic rings. The lowest BCUT2D eigenvalue weighted by molar-refractivity contribution is 0.616. The molecule has 7 nitrogen and oxygen atoms in total. The van der Waals surface area contributed by atoms with Gasteiger partial charge in [0.05, 0.1) is 11.4 Å². The van der Waals surface area contributed by atoms with Gasteiger partial charge in [-0.2, -0.15) is 10.1 Å². The first-order chi connectivity index (χ1) is 10.1. The number of nitrogens with zero attached hydrogens (tertiary/aromatic N) is 5. The molecule has 0 aromatic carbocycles. The van der Waals surface area contributed by atoms with E-state index in [1.807, 2.05) is 33.3 Å². The molecule has 0 saturated carbocycles. The fourth-order valence-corrected chi connectivity index (χ4v) is 2.81. The summed E-state index contributed by atoms with van der Waals surface area (Å²) in [5.41, 5.74) is 8.66. The van der Waals surface area contributed by atoms with Gasteiger partial charge in [0, 0.05) is 44.0 Å². The van der Waals surface area contributed by atoms with Gasteiger partial charge in [-0.15, -0.1) is 0 Å². The summed E-state index contributed by atoms with van der Waals surface area (Å²) in [7, 11) is 3.90. The van der Waals surface area contributed by atoms with E-state index in [-0.39, 0.29) is 0 Å². The van der Waals surface area contributed by atoms with Crippen molar-refractivity contribution < 1.29 is 0 Å². The fourth-order valence-electron chi connectivity index (χ4n) is 2.81. The van der Waals surface area contributed by atoms with Crippen molar-refractivity contribution in [2.24, 2.45) is 7.05 Å². The first kappa shape index (κ1) is 13.8. The van der Waals surface area contributed by atoms with E-state index in [9.17, 15) is 0 Å². The maximum absolute atomic E-state index is 5.90. The lowest BCUT2D eigenvalue weighted by Gasteiger charge is -2.18. The maximum Gasteiger partial charge on any atom is 0.222 e. The molecule has 1 aliphatic heterocycles. The Labute approximate surface area is 124 Å². The topological polar surface area (TPSA) is 84.9 Å². The summed E-state index contributed by atoms with van der Waals surface area (Å²) in [6, 6.07) is 2.50. The summed E-state index contributed by atoms with van der Waals surface area (Å²) < 4.78 is 1.79. The molecule has 7 heteroatoms. The average Bonchev–Trinajstić information content (AvgIpc) is 3.04. The predicted molar refractivity (Wildman–Crippen MR) is 83.1 cm³/mol. The monoisotopic (exact) mass is 287 g/mol. The van der Waals surface area contributed by atoms with Gasteiger partial charge in [0.25, 0.3) is 0 Å². The molecule has 1 unspecified atom stereocenters. The first-order valence-corrected chi connectivity index (χ1v) is 7.14. The quantitative estimate of drug-likeness (QED) is 0.858. The number of nitrogens with one attached hydrogen (secondary N) is 1. The summed E-state index contributed by atoms with van der Waals surface area (Å²) in [5.74, 6) is 1.19. The molecular weight excluding hydrogens is 266 g/mol. The Morgan fingerprint density at radius 1 is 1.38 bits per heavy atom. The van der Waals surface area contributed by atoms with Crippen LogP contribution in [-0.4, -0.2) is 45.9 Å². The second-order valence-electron chi connectivity index (χ2n) is 5.49. The predicted octanol–water partition coefficient (Wildman–Crippen LogP) is 0.566. The van der Waals surface area contributed by atoms with Crippen LogP contribution in [0.1, 0.15) is 12.1 Å². The molecule has 0 spiro atoms. The number of hydrogen-bond donors (Lipinski definition) is 2. The SMILES string of the molecule is CNC1CCN(c2cc(-c3cn(C)nc3C)nc(N)n2)C1. The molecule has 1 saturated heterocycles. The number of anilines is 2. The number of nitrogens with two attached hydrogens (primary N) is 1. The zero-order chi connectivity index (χ0) is 15.0. The Hall–Kier alpha value is -2.15.